The number of carbonyl (C=O) groups is 2. The molecule has 2 N–H and O–H groups in total. The van der Waals surface area contributed by atoms with E-state index in [0.29, 0.717) is 6.08 Å². The normalized spacial score (nSPS) is 11.5. The maximum Gasteiger partial charge on any atom is 0.448 e. The molecule has 7 nitrogen and oxygen atoms in total. The van der Waals surface area contributed by atoms with Gasteiger partial charge in [0.1, 0.15) is 0 Å². The Hall–Kier alpha value is -1.41. The number of rotatable bonds is 4. The first-order valence-corrected chi connectivity index (χ1v) is 4.27. The van der Waals surface area contributed by atoms with Crippen molar-refractivity contribution >= 4 is 22.3 Å². The molecule has 13 heavy (non-hydrogen) atoms. The molecule has 0 atom stereocenters. The summed E-state index contributed by atoms with van der Waals surface area (Å²) >= 11 is 0. The average molecular weight is 210 g/mol. The second kappa shape index (κ2) is 4.58. The number of hydrogen-bond donors (Lipinski definition) is 2. The number of carboxylic acids is 1. The van der Waals surface area contributed by atoms with Gasteiger partial charge in [0.05, 0.1) is 6.42 Å². The Kier molecular flexibility index (Phi) is 4.08. The van der Waals surface area contributed by atoms with Gasteiger partial charge in [-0.1, -0.05) is 6.08 Å². The van der Waals surface area contributed by atoms with Crippen molar-refractivity contribution in [1.29, 1.82) is 0 Å². The molecule has 0 spiro atoms. The molecule has 0 aromatic heterocycles. The van der Waals surface area contributed by atoms with Crippen molar-refractivity contribution in [2.45, 2.75) is 6.42 Å². The highest BCUT2D eigenvalue weighted by molar-refractivity contribution is 7.81. The summed E-state index contributed by atoms with van der Waals surface area (Å²) in [5, 5.41) is 8.05. The van der Waals surface area contributed by atoms with E-state index in [1.807, 2.05) is 0 Å². The van der Waals surface area contributed by atoms with Crippen LogP contribution in [0.1, 0.15) is 6.42 Å². The van der Waals surface area contributed by atoms with Crippen molar-refractivity contribution in [2.24, 2.45) is 0 Å². The molecule has 0 aliphatic carbocycles. The number of aliphatic carboxylic acids is 1. The largest absolute Gasteiger partial charge is 0.478 e. The van der Waals surface area contributed by atoms with E-state index >= 15 is 0 Å². The smallest absolute Gasteiger partial charge is 0.448 e. The molecule has 0 saturated heterocycles. The zero-order valence-corrected chi connectivity index (χ0v) is 7.02. The maximum absolute atomic E-state index is 10.4. The molecule has 74 valence electrons. The van der Waals surface area contributed by atoms with Crippen LogP contribution in [0.25, 0.3) is 0 Å². The standard InChI is InChI=1S/C5H6O7S/c6-4(7)2-1-3-5(8)12-13(9,10)11/h1-2H,3H2,(H,6,7)(H,9,10,11). The van der Waals surface area contributed by atoms with E-state index in [0.717, 1.165) is 6.08 Å². The summed E-state index contributed by atoms with van der Waals surface area (Å²) in [7, 11) is -4.80. The lowest BCUT2D eigenvalue weighted by Gasteiger charge is -1.94. The van der Waals surface area contributed by atoms with E-state index in [2.05, 4.69) is 4.18 Å². The summed E-state index contributed by atoms with van der Waals surface area (Å²) in [5.41, 5.74) is 0. The molecule has 0 radical (unpaired) electrons. The molecule has 0 aliphatic heterocycles. The Morgan fingerprint density at radius 3 is 2.31 bits per heavy atom. The maximum atomic E-state index is 10.4. The minimum atomic E-state index is -4.80. The summed E-state index contributed by atoms with van der Waals surface area (Å²) in [6, 6.07) is 0. The summed E-state index contributed by atoms with van der Waals surface area (Å²) in [6.45, 7) is 0. The Morgan fingerprint density at radius 2 is 1.92 bits per heavy atom. The van der Waals surface area contributed by atoms with Crippen molar-refractivity contribution in [3.63, 3.8) is 0 Å². The van der Waals surface area contributed by atoms with Gasteiger partial charge >= 0.3 is 22.3 Å². The van der Waals surface area contributed by atoms with Crippen molar-refractivity contribution < 1.29 is 31.8 Å². The van der Waals surface area contributed by atoms with Crippen LogP contribution in [0.4, 0.5) is 0 Å². The molecule has 0 amide bonds. The minimum absolute atomic E-state index is 0.550. The lowest BCUT2D eigenvalue weighted by molar-refractivity contribution is -0.133. The second-order valence-corrected chi connectivity index (χ2v) is 2.85. The number of hydrogen-bond acceptors (Lipinski definition) is 5. The fraction of sp³-hybridized carbons (Fsp3) is 0.200. The fourth-order valence-corrected chi connectivity index (χ4v) is 0.710. The van der Waals surface area contributed by atoms with Crippen LogP contribution in [0.15, 0.2) is 12.2 Å². The zero-order valence-electron chi connectivity index (χ0n) is 6.21. The van der Waals surface area contributed by atoms with Gasteiger partial charge in [-0.3, -0.25) is 9.35 Å². The van der Waals surface area contributed by atoms with Crippen molar-refractivity contribution in [3.05, 3.63) is 12.2 Å². The van der Waals surface area contributed by atoms with Gasteiger partial charge in [-0.25, -0.2) is 4.79 Å². The van der Waals surface area contributed by atoms with Crippen LogP contribution in [-0.4, -0.2) is 30.0 Å². The fourth-order valence-electron chi connectivity index (χ4n) is 0.407. The van der Waals surface area contributed by atoms with E-state index in [4.69, 9.17) is 9.66 Å². The summed E-state index contributed by atoms with van der Waals surface area (Å²) < 4.78 is 31.3. The molecular formula is C5H6O7S. The quantitative estimate of drug-likeness (QED) is 0.468. The van der Waals surface area contributed by atoms with Gasteiger partial charge in [0.15, 0.2) is 0 Å². The predicted octanol–water partition coefficient (Wildman–Crippen LogP) is -0.637. The van der Waals surface area contributed by atoms with Crippen LogP contribution >= 0.6 is 0 Å². The van der Waals surface area contributed by atoms with Crippen molar-refractivity contribution in [2.75, 3.05) is 0 Å². The van der Waals surface area contributed by atoms with Gasteiger partial charge < -0.3 is 9.29 Å². The predicted molar refractivity (Wildman–Crippen MR) is 39.0 cm³/mol. The van der Waals surface area contributed by atoms with E-state index in [1.165, 1.54) is 0 Å². The molecule has 0 saturated carbocycles. The van der Waals surface area contributed by atoms with Crippen molar-refractivity contribution in [3.8, 4) is 0 Å². The van der Waals surface area contributed by atoms with Crippen LogP contribution in [0.2, 0.25) is 0 Å². The minimum Gasteiger partial charge on any atom is -0.478 e. The highest BCUT2D eigenvalue weighted by Gasteiger charge is 2.10. The summed E-state index contributed by atoms with van der Waals surface area (Å²) in [5.74, 6) is -2.54. The molecule has 0 aromatic carbocycles. The van der Waals surface area contributed by atoms with Crippen LogP contribution in [0.5, 0.6) is 0 Å². The van der Waals surface area contributed by atoms with E-state index in [1.54, 1.807) is 0 Å². The molecule has 0 rings (SSSR count). The van der Waals surface area contributed by atoms with Gasteiger partial charge in [-0.05, 0) is 0 Å². The third kappa shape index (κ3) is 8.50. The molecule has 0 unspecified atom stereocenters. The summed E-state index contributed by atoms with van der Waals surface area (Å²) in [4.78, 5) is 20.3. The van der Waals surface area contributed by atoms with Crippen molar-refractivity contribution in [1.82, 2.24) is 0 Å². The highest BCUT2D eigenvalue weighted by Crippen LogP contribution is 1.93. The topological polar surface area (TPSA) is 118 Å². The zero-order chi connectivity index (χ0) is 10.5. The van der Waals surface area contributed by atoms with Crippen LogP contribution in [-0.2, 0) is 24.2 Å². The molecule has 0 bridgehead atoms. The second-order valence-electron chi connectivity index (χ2n) is 1.83. The monoisotopic (exact) mass is 210 g/mol. The van der Waals surface area contributed by atoms with Crippen LogP contribution < -0.4 is 0 Å². The summed E-state index contributed by atoms with van der Waals surface area (Å²) in [6.07, 6.45) is 0.979. The molecule has 8 heteroatoms. The first-order chi connectivity index (χ1) is 5.81. The first kappa shape index (κ1) is 11.6. The van der Waals surface area contributed by atoms with Gasteiger partial charge in [0.2, 0.25) is 0 Å². The van der Waals surface area contributed by atoms with Gasteiger partial charge in [0.25, 0.3) is 0 Å². The first-order valence-electron chi connectivity index (χ1n) is 2.90. The SMILES string of the molecule is O=C(O)C=CCC(=O)OS(=O)(=O)O. The molecule has 0 aliphatic rings. The molecular weight excluding hydrogens is 204 g/mol. The Balaban J connectivity index is 3.98. The van der Waals surface area contributed by atoms with Gasteiger partial charge in [-0.15, -0.1) is 0 Å². The lowest BCUT2D eigenvalue weighted by atomic mass is 10.4. The van der Waals surface area contributed by atoms with Crippen LogP contribution in [0.3, 0.4) is 0 Å². The third-order valence-corrected chi connectivity index (χ3v) is 1.14. The molecule has 0 heterocycles. The van der Waals surface area contributed by atoms with E-state index < -0.39 is 28.8 Å². The molecule has 0 fully saturated rings. The Labute approximate surface area is 73.6 Å². The number of carbonyl (C=O) groups excluding carboxylic acids is 1. The molecule has 0 aromatic rings. The van der Waals surface area contributed by atoms with Crippen LogP contribution in [0, 0.1) is 0 Å². The Morgan fingerprint density at radius 1 is 1.38 bits per heavy atom. The van der Waals surface area contributed by atoms with E-state index in [-0.39, 0.29) is 0 Å². The average Bonchev–Trinajstić information content (AvgIpc) is 1.81. The van der Waals surface area contributed by atoms with Gasteiger partial charge in [0, 0.05) is 6.08 Å². The van der Waals surface area contributed by atoms with Gasteiger partial charge in [-0.2, -0.15) is 8.42 Å². The third-order valence-electron chi connectivity index (χ3n) is 0.743. The Bertz CT molecular complexity index is 325. The lowest BCUT2D eigenvalue weighted by Crippen LogP contribution is -2.10. The highest BCUT2D eigenvalue weighted by atomic mass is 32.3. The number of carboxylic acid groups (broad SMARTS) is 1. The van der Waals surface area contributed by atoms with E-state index in [9.17, 15) is 18.0 Å².